The van der Waals surface area contributed by atoms with Gasteiger partial charge in [0, 0.05) is 37.4 Å². The molecule has 1 atom stereocenters. The fraction of sp³-hybridized carbons (Fsp3) is 0.312. The van der Waals surface area contributed by atoms with Crippen LogP contribution in [0.4, 0.5) is 34.8 Å². The Morgan fingerprint density at radius 2 is 1.89 bits per heavy atom. The maximum atomic E-state index is 15.2. The van der Waals surface area contributed by atoms with Crippen LogP contribution in [0, 0.1) is 41.5 Å². The lowest BCUT2D eigenvalue weighted by molar-refractivity contribution is -0.129. The van der Waals surface area contributed by atoms with E-state index in [2.05, 4.69) is 22.6 Å². The number of piperazine rings is 1. The zero-order chi connectivity index (χ0) is 32.9. The van der Waals surface area contributed by atoms with Gasteiger partial charge in [-0.15, -0.1) is 0 Å². The van der Waals surface area contributed by atoms with Crippen molar-refractivity contribution in [1.82, 2.24) is 19.8 Å². The van der Waals surface area contributed by atoms with E-state index in [1.165, 1.54) is 12.1 Å². The lowest BCUT2D eigenvalue weighted by atomic mass is 9.95. The van der Waals surface area contributed by atoms with Gasteiger partial charge in [0.15, 0.2) is 23.3 Å². The predicted molar refractivity (Wildman–Crippen MR) is 164 cm³/mol. The van der Waals surface area contributed by atoms with Gasteiger partial charge in [-0.25, -0.2) is 22.5 Å². The first kappa shape index (κ1) is 31.8. The first-order valence-corrected chi connectivity index (χ1v) is 14.6. The number of nitrogens with two attached hydrogens (primary N) is 1. The number of fused-ring (bicyclic) bond motifs is 1. The SMILES string of the molecule is C=CC(=O)N1CCN(C2=C(C#N)CN(c3c(C)ccnc3C(C)C)c3nc(-c4c(N)c(F)c(F)c(F)c4F)c(Cl)cc32)C[C@H]1C. The Morgan fingerprint density at radius 1 is 1.20 bits per heavy atom. The molecule has 0 spiro atoms. The van der Waals surface area contributed by atoms with Gasteiger partial charge in [0.2, 0.25) is 5.91 Å². The first-order valence-electron chi connectivity index (χ1n) is 14.2. The van der Waals surface area contributed by atoms with Crippen LogP contribution in [-0.2, 0) is 4.79 Å². The van der Waals surface area contributed by atoms with Gasteiger partial charge in [-0.1, -0.05) is 32.0 Å². The average molecular weight is 640 g/mol. The molecule has 0 saturated carbocycles. The van der Waals surface area contributed by atoms with Gasteiger partial charge in [0.1, 0.15) is 5.82 Å². The van der Waals surface area contributed by atoms with Crippen LogP contribution in [0.2, 0.25) is 5.02 Å². The largest absolute Gasteiger partial charge is 0.396 e. The van der Waals surface area contributed by atoms with E-state index in [-0.39, 0.29) is 35.3 Å². The molecule has 13 heteroatoms. The summed E-state index contributed by atoms with van der Waals surface area (Å²) in [4.78, 5) is 27.0. The molecule has 2 aliphatic heterocycles. The van der Waals surface area contributed by atoms with Gasteiger partial charge in [-0.3, -0.25) is 9.78 Å². The standard InChI is InChI=1S/C32H30ClF4N7O/c1-6-21(45)43-10-9-42(13-17(43)5)31-18(12-38)14-44(30-16(4)7-8-40-28(30)15(2)3)32-19(31)11-20(33)29(41-32)22-23(34)24(35)25(36)26(37)27(22)39/h6-8,11,15,17H,1,9-10,13-14,39H2,2-5H3/t17-/m1/s1. The van der Waals surface area contributed by atoms with E-state index in [9.17, 15) is 23.2 Å². The molecule has 0 aliphatic carbocycles. The minimum absolute atomic E-state index is 0.0173. The molecular formula is C32H30ClF4N7O. The number of benzene rings is 1. The smallest absolute Gasteiger partial charge is 0.246 e. The van der Waals surface area contributed by atoms with Crippen LogP contribution < -0.4 is 10.6 Å². The second kappa shape index (κ2) is 12.0. The molecule has 2 aromatic heterocycles. The van der Waals surface area contributed by atoms with Gasteiger partial charge in [0.05, 0.1) is 57.2 Å². The number of nitrogen functional groups attached to an aromatic ring is 1. The Hall–Kier alpha value is -4.63. The number of nitrogens with zero attached hydrogens (tertiary/aromatic N) is 6. The van der Waals surface area contributed by atoms with Gasteiger partial charge < -0.3 is 20.4 Å². The molecule has 1 amide bonds. The van der Waals surface area contributed by atoms with Gasteiger partial charge in [-0.05, 0) is 43.5 Å². The van der Waals surface area contributed by atoms with Crippen LogP contribution in [-0.4, -0.2) is 57.9 Å². The topological polar surface area (TPSA) is 102 Å². The molecule has 1 fully saturated rings. The van der Waals surface area contributed by atoms with Gasteiger partial charge >= 0.3 is 0 Å². The maximum absolute atomic E-state index is 15.2. The molecule has 0 unspecified atom stereocenters. The van der Waals surface area contributed by atoms with Crippen molar-refractivity contribution in [2.45, 2.75) is 39.7 Å². The highest BCUT2D eigenvalue weighted by Gasteiger charge is 2.37. The summed E-state index contributed by atoms with van der Waals surface area (Å²) in [6.45, 7) is 12.3. The molecule has 2 N–H and O–H groups in total. The molecule has 45 heavy (non-hydrogen) atoms. The summed E-state index contributed by atoms with van der Waals surface area (Å²) in [7, 11) is 0. The average Bonchev–Trinajstić information content (AvgIpc) is 3.01. The molecule has 3 aromatic rings. The number of amides is 1. The Labute approximate surface area is 263 Å². The number of halogens is 5. The number of aryl methyl sites for hydroxylation is 1. The molecule has 0 bridgehead atoms. The molecule has 4 heterocycles. The Bertz CT molecular complexity index is 1790. The van der Waals surface area contributed by atoms with Crippen molar-refractivity contribution in [1.29, 1.82) is 5.26 Å². The summed E-state index contributed by atoms with van der Waals surface area (Å²) >= 11 is 6.66. The molecule has 0 radical (unpaired) electrons. The van der Waals surface area contributed by atoms with Crippen molar-refractivity contribution in [3.63, 3.8) is 0 Å². The van der Waals surface area contributed by atoms with Crippen LogP contribution in [0.15, 0.2) is 36.6 Å². The number of carbonyl (C=O) groups excluding carboxylic acids is 1. The quantitative estimate of drug-likeness (QED) is 0.112. The monoisotopic (exact) mass is 639 g/mol. The van der Waals surface area contributed by atoms with E-state index in [1.54, 1.807) is 22.1 Å². The summed E-state index contributed by atoms with van der Waals surface area (Å²) in [6, 6.07) is 5.30. The van der Waals surface area contributed by atoms with Crippen molar-refractivity contribution < 1.29 is 22.4 Å². The molecule has 8 nitrogen and oxygen atoms in total. The van der Waals surface area contributed by atoms with Crippen molar-refractivity contribution >= 4 is 40.4 Å². The molecule has 234 valence electrons. The second-order valence-electron chi connectivity index (χ2n) is 11.3. The zero-order valence-electron chi connectivity index (χ0n) is 25.1. The van der Waals surface area contributed by atoms with Crippen molar-refractivity contribution in [3.05, 3.63) is 81.7 Å². The molecule has 1 saturated heterocycles. The molecule has 5 rings (SSSR count). The molecule has 2 aliphatic rings. The Kier molecular flexibility index (Phi) is 8.51. The number of rotatable bonds is 5. The number of pyridine rings is 2. The van der Waals surface area contributed by atoms with E-state index in [4.69, 9.17) is 17.3 Å². The van der Waals surface area contributed by atoms with Gasteiger partial charge in [-0.2, -0.15) is 5.26 Å². The van der Waals surface area contributed by atoms with E-state index < -0.39 is 40.2 Å². The number of aromatic nitrogens is 2. The summed E-state index contributed by atoms with van der Waals surface area (Å²) in [5.74, 6) is -7.69. The summed E-state index contributed by atoms with van der Waals surface area (Å²) in [5.41, 5.74) is 6.93. The number of carbonyl (C=O) groups is 1. The van der Waals surface area contributed by atoms with E-state index in [0.717, 1.165) is 5.56 Å². The Balaban J connectivity index is 1.79. The number of hydrogen-bond acceptors (Lipinski definition) is 7. The highest BCUT2D eigenvalue weighted by Crippen LogP contribution is 2.47. The number of anilines is 3. The summed E-state index contributed by atoms with van der Waals surface area (Å²) < 4.78 is 58.3. The minimum Gasteiger partial charge on any atom is -0.396 e. The van der Waals surface area contributed by atoms with Crippen molar-refractivity contribution in [2.24, 2.45) is 0 Å². The lowest BCUT2D eigenvalue weighted by Gasteiger charge is -2.44. The van der Waals surface area contributed by atoms with Crippen LogP contribution in [0.1, 0.15) is 43.5 Å². The normalized spacial score (nSPS) is 16.6. The third kappa shape index (κ3) is 5.25. The van der Waals surface area contributed by atoms with Gasteiger partial charge in [0.25, 0.3) is 0 Å². The highest BCUT2D eigenvalue weighted by atomic mass is 35.5. The van der Waals surface area contributed by atoms with Crippen molar-refractivity contribution in [2.75, 3.05) is 36.8 Å². The lowest BCUT2D eigenvalue weighted by Crippen LogP contribution is -2.53. The van der Waals surface area contributed by atoms with E-state index in [1.807, 2.05) is 32.6 Å². The van der Waals surface area contributed by atoms with Crippen LogP contribution in [0.3, 0.4) is 0 Å². The minimum atomic E-state index is -2.05. The maximum Gasteiger partial charge on any atom is 0.246 e. The highest BCUT2D eigenvalue weighted by molar-refractivity contribution is 6.33. The number of hydrogen-bond donors (Lipinski definition) is 1. The summed E-state index contributed by atoms with van der Waals surface area (Å²) in [6.07, 6.45) is 2.91. The van der Waals surface area contributed by atoms with Crippen LogP contribution in [0.25, 0.3) is 17.0 Å². The number of nitriles is 1. The van der Waals surface area contributed by atoms with Crippen LogP contribution >= 0.6 is 11.6 Å². The van der Waals surface area contributed by atoms with Crippen molar-refractivity contribution in [3.8, 4) is 17.3 Å². The van der Waals surface area contributed by atoms with E-state index >= 15 is 4.39 Å². The molecule has 1 aromatic carbocycles. The fourth-order valence-electron chi connectivity index (χ4n) is 5.97. The third-order valence-corrected chi connectivity index (χ3v) is 8.40. The Morgan fingerprint density at radius 3 is 2.51 bits per heavy atom. The summed E-state index contributed by atoms with van der Waals surface area (Å²) in [5, 5.41) is 10.2. The second-order valence-corrected chi connectivity index (χ2v) is 11.7. The first-order chi connectivity index (χ1) is 21.3. The molecular weight excluding hydrogens is 610 g/mol. The zero-order valence-corrected chi connectivity index (χ0v) is 25.8. The van der Waals surface area contributed by atoms with E-state index in [0.29, 0.717) is 47.8 Å². The van der Waals surface area contributed by atoms with Crippen LogP contribution in [0.5, 0.6) is 0 Å². The predicted octanol–water partition coefficient (Wildman–Crippen LogP) is 6.47. The fourth-order valence-corrected chi connectivity index (χ4v) is 6.22. The third-order valence-electron chi connectivity index (χ3n) is 8.12.